The first-order valence-electron chi connectivity index (χ1n) is 6.51. The SMILES string of the molecule is CCC(CC)N(CC(C)C)C(=O)c1csc(N)n1. The van der Waals surface area contributed by atoms with Crippen molar-refractivity contribution in [2.75, 3.05) is 12.3 Å². The van der Waals surface area contributed by atoms with Crippen molar-refractivity contribution < 1.29 is 4.79 Å². The number of hydrogen-bond acceptors (Lipinski definition) is 4. The standard InChI is InChI=1S/C13H23N3OS/c1-5-10(6-2)16(7-9(3)4)12(17)11-8-18-13(14)15-11/h8-10H,5-7H2,1-4H3,(H2,14,15). The van der Waals surface area contributed by atoms with Crippen LogP contribution in [-0.4, -0.2) is 28.4 Å². The fourth-order valence-electron chi connectivity index (χ4n) is 2.05. The molecule has 0 aliphatic rings. The van der Waals surface area contributed by atoms with Gasteiger partial charge in [-0.3, -0.25) is 4.79 Å². The predicted octanol–water partition coefficient (Wildman–Crippen LogP) is 3.01. The zero-order valence-corrected chi connectivity index (χ0v) is 12.5. The summed E-state index contributed by atoms with van der Waals surface area (Å²) in [5.41, 5.74) is 6.07. The highest BCUT2D eigenvalue weighted by Gasteiger charge is 2.24. The van der Waals surface area contributed by atoms with E-state index in [2.05, 4.69) is 32.7 Å². The van der Waals surface area contributed by atoms with Crippen LogP contribution in [0.3, 0.4) is 0 Å². The molecule has 1 amide bonds. The van der Waals surface area contributed by atoms with E-state index in [4.69, 9.17) is 5.73 Å². The molecular formula is C13H23N3OS. The number of nitrogens with two attached hydrogens (primary N) is 1. The van der Waals surface area contributed by atoms with Gasteiger partial charge in [0.2, 0.25) is 0 Å². The van der Waals surface area contributed by atoms with Gasteiger partial charge >= 0.3 is 0 Å². The van der Waals surface area contributed by atoms with Crippen LogP contribution in [-0.2, 0) is 0 Å². The van der Waals surface area contributed by atoms with Crippen LogP contribution in [0.15, 0.2) is 5.38 Å². The van der Waals surface area contributed by atoms with E-state index in [-0.39, 0.29) is 11.9 Å². The molecule has 0 saturated heterocycles. The van der Waals surface area contributed by atoms with Crippen molar-refractivity contribution in [3.8, 4) is 0 Å². The molecule has 0 atom stereocenters. The second-order valence-corrected chi connectivity index (χ2v) is 5.78. The number of nitrogens with zero attached hydrogens (tertiary/aromatic N) is 2. The summed E-state index contributed by atoms with van der Waals surface area (Å²) >= 11 is 1.32. The molecule has 4 nitrogen and oxygen atoms in total. The summed E-state index contributed by atoms with van der Waals surface area (Å²) in [7, 11) is 0. The highest BCUT2D eigenvalue weighted by atomic mass is 32.1. The Morgan fingerprint density at radius 3 is 2.44 bits per heavy atom. The highest BCUT2D eigenvalue weighted by molar-refractivity contribution is 7.13. The van der Waals surface area contributed by atoms with E-state index in [1.807, 2.05) is 4.90 Å². The molecule has 0 saturated carbocycles. The maximum atomic E-state index is 12.5. The molecule has 5 heteroatoms. The summed E-state index contributed by atoms with van der Waals surface area (Å²) in [6, 6.07) is 0.280. The van der Waals surface area contributed by atoms with Crippen LogP contribution in [0.4, 0.5) is 5.13 Å². The van der Waals surface area contributed by atoms with E-state index in [1.165, 1.54) is 11.3 Å². The Kier molecular flexibility index (Phi) is 5.59. The molecule has 2 N–H and O–H groups in total. The molecule has 0 unspecified atom stereocenters. The molecule has 102 valence electrons. The van der Waals surface area contributed by atoms with E-state index in [9.17, 15) is 4.79 Å². The number of amides is 1. The van der Waals surface area contributed by atoms with Gasteiger partial charge in [-0.15, -0.1) is 11.3 Å². The monoisotopic (exact) mass is 269 g/mol. The predicted molar refractivity (Wildman–Crippen MR) is 76.8 cm³/mol. The lowest BCUT2D eigenvalue weighted by atomic mass is 10.1. The molecule has 0 aliphatic carbocycles. The fraction of sp³-hybridized carbons (Fsp3) is 0.692. The number of aromatic nitrogens is 1. The number of nitrogen functional groups attached to an aromatic ring is 1. The lowest BCUT2D eigenvalue weighted by Gasteiger charge is -2.31. The van der Waals surface area contributed by atoms with Gasteiger partial charge in [0.25, 0.3) is 5.91 Å². The summed E-state index contributed by atoms with van der Waals surface area (Å²) in [5, 5.41) is 2.19. The van der Waals surface area contributed by atoms with Crippen molar-refractivity contribution in [2.45, 2.75) is 46.6 Å². The van der Waals surface area contributed by atoms with Crippen LogP contribution in [0.5, 0.6) is 0 Å². The fourth-order valence-corrected chi connectivity index (χ4v) is 2.59. The molecule has 0 bridgehead atoms. The largest absolute Gasteiger partial charge is 0.375 e. The summed E-state index contributed by atoms with van der Waals surface area (Å²) in [6.45, 7) is 9.24. The lowest BCUT2D eigenvalue weighted by Crippen LogP contribution is -2.42. The van der Waals surface area contributed by atoms with Crippen LogP contribution < -0.4 is 5.73 Å². The van der Waals surface area contributed by atoms with Crippen molar-refractivity contribution in [1.82, 2.24) is 9.88 Å². The molecule has 0 radical (unpaired) electrons. The molecule has 0 aromatic carbocycles. The summed E-state index contributed by atoms with van der Waals surface area (Å²) in [6.07, 6.45) is 1.93. The van der Waals surface area contributed by atoms with Crippen molar-refractivity contribution in [1.29, 1.82) is 0 Å². The quantitative estimate of drug-likeness (QED) is 0.863. The average Bonchev–Trinajstić information content (AvgIpc) is 2.74. The van der Waals surface area contributed by atoms with Gasteiger partial charge in [0.1, 0.15) is 5.69 Å². The zero-order valence-electron chi connectivity index (χ0n) is 11.6. The Labute approximate surface area is 113 Å². The van der Waals surface area contributed by atoms with E-state index in [0.717, 1.165) is 19.4 Å². The average molecular weight is 269 g/mol. The van der Waals surface area contributed by atoms with Crippen molar-refractivity contribution in [2.24, 2.45) is 5.92 Å². The Hall–Kier alpha value is -1.10. The number of hydrogen-bond donors (Lipinski definition) is 1. The van der Waals surface area contributed by atoms with Gasteiger partial charge in [0.15, 0.2) is 5.13 Å². The lowest BCUT2D eigenvalue weighted by molar-refractivity contribution is 0.0635. The molecule has 0 aliphatic heterocycles. The van der Waals surface area contributed by atoms with Crippen LogP contribution in [0, 0.1) is 5.92 Å². The maximum Gasteiger partial charge on any atom is 0.273 e. The van der Waals surface area contributed by atoms with Crippen molar-refractivity contribution >= 4 is 22.4 Å². The molecule has 1 aromatic heterocycles. The topological polar surface area (TPSA) is 59.2 Å². The Morgan fingerprint density at radius 1 is 1.44 bits per heavy atom. The van der Waals surface area contributed by atoms with Gasteiger partial charge in [-0.25, -0.2) is 4.98 Å². The van der Waals surface area contributed by atoms with E-state index < -0.39 is 0 Å². The van der Waals surface area contributed by atoms with Gasteiger partial charge in [-0.05, 0) is 18.8 Å². The summed E-state index contributed by atoms with van der Waals surface area (Å²) in [4.78, 5) is 18.5. The highest BCUT2D eigenvalue weighted by Crippen LogP contribution is 2.18. The van der Waals surface area contributed by atoms with Gasteiger partial charge < -0.3 is 10.6 Å². The van der Waals surface area contributed by atoms with Crippen molar-refractivity contribution in [3.63, 3.8) is 0 Å². The smallest absolute Gasteiger partial charge is 0.273 e. The summed E-state index contributed by atoms with van der Waals surface area (Å²) in [5.74, 6) is 0.455. The number of rotatable bonds is 6. The van der Waals surface area contributed by atoms with E-state index >= 15 is 0 Å². The summed E-state index contributed by atoms with van der Waals surface area (Å²) < 4.78 is 0. The van der Waals surface area contributed by atoms with Crippen LogP contribution in [0.2, 0.25) is 0 Å². The first-order chi connectivity index (χ1) is 8.49. The molecule has 1 rings (SSSR count). The number of anilines is 1. The Morgan fingerprint density at radius 2 is 2.06 bits per heavy atom. The van der Waals surface area contributed by atoms with Gasteiger partial charge in [0.05, 0.1) is 0 Å². The molecular weight excluding hydrogens is 246 g/mol. The zero-order chi connectivity index (χ0) is 13.7. The number of carbonyl (C=O) groups is 1. The Bertz CT molecular complexity index is 385. The van der Waals surface area contributed by atoms with Crippen LogP contribution in [0.1, 0.15) is 51.0 Å². The maximum absolute atomic E-state index is 12.5. The third kappa shape index (κ3) is 3.70. The Balaban J connectivity index is 2.91. The minimum Gasteiger partial charge on any atom is -0.375 e. The molecule has 0 fully saturated rings. The van der Waals surface area contributed by atoms with Crippen LogP contribution in [0.25, 0.3) is 0 Å². The van der Waals surface area contributed by atoms with Gasteiger partial charge in [-0.1, -0.05) is 27.7 Å². The van der Waals surface area contributed by atoms with Gasteiger partial charge in [0, 0.05) is 18.0 Å². The molecule has 0 spiro atoms. The normalized spacial score (nSPS) is 11.2. The third-order valence-electron chi connectivity index (χ3n) is 2.95. The van der Waals surface area contributed by atoms with Crippen LogP contribution >= 0.6 is 11.3 Å². The van der Waals surface area contributed by atoms with E-state index in [0.29, 0.717) is 16.7 Å². The number of thiazole rings is 1. The van der Waals surface area contributed by atoms with Gasteiger partial charge in [-0.2, -0.15) is 0 Å². The minimum atomic E-state index is 0.00495. The first kappa shape index (κ1) is 15.0. The first-order valence-corrected chi connectivity index (χ1v) is 7.39. The minimum absolute atomic E-state index is 0.00495. The molecule has 18 heavy (non-hydrogen) atoms. The van der Waals surface area contributed by atoms with Crippen molar-refractivity contribution in [3.05, 3.63) is 11.1 Å². The third-order valence-corrected chi connectivity index (χ3v) is 3.62. The second-order valence-electron chi connectivity index (χ2n) is 4.89. The van der Waals surface area contributed by atoms with E-state index in [1.54, 1.807) is 5.38 Å². The molecule has 1 heterocycles. The molecule has 1 aromatic rings. The second kappa shape index (κ2) is 6.73. The number of carbonyl (C=O) groups excluding carboxylic acids is 1.